The maximum Gasteiger partial charge on any atom is 0.145 e. The average Bonchev–Trinajstić information content (AvgIpc) is 2.74. The molecule has 3 heterocycles. The molecule has 0 spiro atoms. The van der Waals surface area contributed by atoms with Crippen molar-refractivity contribution in [2.24, 2.45) is 0 Å². The second-order valence-corrected chi connectivity index (χ2v) is 8.25. The first-order valence-corrected chi connectivity index (χ1v) is 10.6. The smallest absolute Gasteiger partial charge is 0.145 e. The van der Waals surface area contributed by atoms with E-state index in [9.17, 15) is 0 Å². The summed E-state index contributed by atoms with van der Waals surface area (Å²) in [5.41, 5.74) is 4.89. The lowest BCUT2D eigenvalue weighted by atomic mass is 9.99. The van der Waals surface area contributed by atoms with Gasteiger partial charge in [-0.3, -0.25) is 4.90 Å². The molecule has 1 aromatic carbocycles. The number of piperidine rings is 1. The van der Waals surface area contributed by atoms with Crippen LogP contribution in [0.15, 0.2) is 24.4 Å². The summed E-state index contributed by atoms with van der Waals surface area (Å²) in [5.74, 6) is 1.92. The van der Waals surface area contributed by atoms with Crippen LogP contribution in [-0.4, -0.2) is 54.1 Å². The van der Waals surface area contributed by atoms with Gasteiger partial charge in [-0.1, -0.05) is 12.5 Å². The van der Waals surface area contributed by atoms with Crippen molar-refractivity contribution < 1.29 is 9.47 Å². The van der Waals surface area contributed by atoms with Gasteiger partial charge in [0.05, 0.1) is 19.8 Å². The van der Waals surface area contributed by atoms with E-state index in [1.807, 2.05) is 0 Å². The first kappa shape index (κ1) is 20.3. The summed E-state index contributed by atoms with van der Waals surface area (Å²) >= 11 is 0. The predicted octanol–water partition coefficient (Wildman–Crippen LogP) is 3.35. The van der Waals surface area contributed by atoms with Crippen LogP contribution in [0.4, 0.5) is 0 Å². The molecule has 1 fully saturated rings. The molecule has 2 aliphatic rings. The summed E-state index contributed by atoms with van der Waals surface area (Å²) in [5, 5.41) is 0. The highest BCUT2D eigenvalue weighted by atomic mass is 16.5. The lowest BCUT2D eigenvalue weighted by molar-refractivity contribution is 0.131. The molecule has 156 valence electrons. The monoisotopic (exact) mass is 396 g/mol. The zero-order valence-corrected chi connectivity index (χ0v) is 17.9. The Kier molecular flexibility index (Phi) is 6.43. The molecule has 0 unspecified atom stereocenters. The van der Waals surface area contributed by atoms with Crippen LogP contribution < -0.4 is 4.74 Å². The van der Waals surface area contributed by atoms with Crippen LogP contribution in [0.3, 0.4) is 0 Å². The number of hydrogen-bond donors (Lipinski definition) is 0. The third kappa shape index (κ3) is 4.60. The van der Waals surface area contributed by atoms with Gasteiger partial charge in [-0.05, 0) is 44.1 Å². The van der Waals surface area contributed by atoms with Gasteiger partial charge in [0.25, 0.3) is 0 Å². The molecule has 1 atom stereocenters. The maximum absolute atomic E-state index is 5.64. The average molecular weight is 397 g/mol. The summed E-state index contributed by atoms with van der Waals surface area (Å²) in [4.78, 5) is 14.7. The summed E-state index contributed by atoms with van der Waals surface area (Å²) < 4.78 is 11.0. The van der Waals surface area contributed by atoms with Crippen molar-refractivity contribution >= 4 is 0 Å². The number of rotatable bonds is 6. The van der Waals surface area contributed by atoms with Gasteiger partial charge in [-0.2, -0.15) is 0 Å². The molecule has 0 amide bonds. The van der Waals surface area contributed by atoms with E-state index in [2.05, 4.69) is 41.2 Å². The van der Waals surface area contributed by atoms with Crippen molar-refractivity contribution in [3.63, 3.8) is 0 Å². The molecule has 6 heteroatoms. The number of aromatic nitrogens is 2. The largest absolute Gasteiger partial charge is 0.496 e. The van der Waals surface area contributed by atoms with Crippen LogP contribution in [0.1, 0.15) is 53.5 Å². The molecule has 2 aromatic rings. The number of methoxy groups -OCH3 is 2. The van der Waals surface area contributed by atoms with Gasteiger partial charge in [0, 0.05) is 56.2 Å². The molecule has 29 heavy (non-hydrogen) atoms. The number of likely N-dealkylation sites (N-methyl/N-ethyl adjacent to an activating group) is 1. The second kappa shape index (κ2) is 9.20. The Morgan fingerprint density at radius 2 is 2.07 bits per heavy atom. The molecule has 0 radical (unpaired) electrons. The number of ether oxygens (including phenoxy) is 2. The summed E-state index contributed by atoms with van der Waals surface area (Å²) in [6.07, 6.45) is 6.62. The third-order valence-electron chi connectivity index (χ3n) is 6.08. The molecule has 0 saturated carbocycles. The number of fused-ring (bicyclic) bond motifs is 1. The standard InChI is InChI=1S/C23H32N4O2/c1-26-11-9-20-19(14-26)13-24-23(25-20)21-6-4-5-10-27(21)15-18-12-17(16-28-2)7-8-22(18)29-3/h7-8,12-13,21H,4-6,9-11,14-16H2,1-3H3/t21-/m0/s1. The number of likely N-dealkylation sites (tertiary alicyclic amines) is 1. The van der Waals surface area contributed by atoms with Crippen molar-refractivity contribution in [1.29, 1.82) is 0 Å². The Hall–Kier alpha value is -2.02. The van der Waals surface area contributed by atoms with E-state index in [0.29, 0.717) is 6.61 Å². The fourth-order valence-electron chi connectivity index (χ4n) is 4.54. The maximum atomic E-state index is 5.64. The zero-order valence-electron chi connectivity index (χ0n) is 17.9. The summed E-state index contributed by atoms with van der Waals surface area (Å²) in [7, 11) is 5.63. The lowest BCUT2D eigenvalue weighted by Gasteiger charge is -2.35. The van der Waals surface area contributed by atoms with E-state index in [4.69, 9.17) is 19.4 Å². The molecule has 1 saturated heterocycles. The Labute approximate surface area is 173 Å². The first-order chi connectivity index (χ1) is 14.2. The SMILES string of the molecule is COCc1ccc(OC)c(CN2CCCC[C@H]2c2ncc3c(n2)CCN(C)C3)c1. The van der Waals surface area contributed by atoms with Crippen molar-refractivity contribution in [2.75, 3.05) is 34.4 Å². The molecule has 2 aliphatic heterocycles. The van der Waals surface area contributed by atoms with Crippen LogP contribution in [0.5, 0.6) is 5.75 Å². The molecule has 0 N–H and O–H groups in total. The van der Waals surface area contributed by atoms with Gasteiger partial charge in [0.2, 0.25) is 0 Å². The van der Waals surface area contributed by atoms with Crippen LogP contribution in [0, 0.1) is 0 Å². The molecular formula is C23H32N4O2. The van der Waals surface area contributed by atoms with E-state index < -0.39 is 0 Å². The van der Waals surface area contributed by atoms with Crippen LogP contribution in [0.2, 0.25) is 0 Å². The molecule has 0 aliphatic carbocycles. The number of hydrogen-bond acceptors (Lipinski definition) is 6. The van der Waals surface area contributed by atoms with Crippen molar-refractivity contribution in [3.05, 3.63) is 52.6 Å². The molecule has 6 nitrogen and oxygen atoms in total. The zero-order chi connectivity index (χ0) is 20.2. The Morgan fingerprint density at radius 1 is 1.17 bits per heavy atom. The van der Waals surface area contributed by atoms with Gasteiger partial charge in [0.1, 0.15) is 11.6 Å². The highest BCUT2D eigenvalue weighted by Crippen LogP contribution is 2.33. The van der Waals surface area contributed by atoms with E-state index >= 15 is 0 Å². The van der Waals surface area contributed by atoms with Crippen molar-refractivity contribution in [2.45, 2.75) is 51.4 Å². The predicted molar refractivity (Wildman–Crippen MR) is 113 cm³/mol. The van der Waals surface area contributed by atoms with Crippen LogP contribution in [0.25, 0.3) is 0 Å². The molecular weight excluding hydrogens is 364 g/mol. The molecule has 4 rings (SSSR count). The summed E-state index contributed by atoms with van der Waals surface area (Å²) in [6.45, 7) is 4.54. The topological polar surface area (TPSA) is 50.7 Å². The normalized spacial score (nSPS) is 20.4. The Bertz CT molecular complexity index is 842. The highest BCUT2D eigenvalue weighted by Gasteiger charge is 2.28. The van der Waals surface area contributed by atoms with E-state index in [0.717, 1.165) is 50.6 Å². The Morgan fingerprint density at radius 3 is 2.90 bits per heavy atom. The minimum absolute atomic E-state index is 0.268. The van der Waals surface area contributed by atoms with Gasteiger partial charge < -0.3 is 14.4 Å². The number of nitrogens with zero attached hydrogens (tertiary/aromatic N) is 4. The minimum atomic E-state index is 0.268. The lowest BCUT2D eigenvalue weighted by Crippen LogP contribution is -2.35. The van der Waals surface area contributed by atoms with E-state index in [-0.39, 0.29) is 6.04 Å². The van der Waals surface area contributed by atoms with Gasteiger partial charge in [0.15, 0.2) is 0 Å². The Balaban J connectivity index is 1.58. The van der Waals surface area contributed by atoms with Crippen molar-refractivity contribution in [1.82, 2.24) is 19.8 Å². The van der Waals surface area contributed by atoms with E-state index in [1.54, 1.807) is 14.2 Å². The molecule has 0 bridgehead atoms. The van der Waals surface area contributed by atoms with Gasteiger partial charge >= 0.3 is 0 Å². The fourth-order valence-corrected chi connectivity index (χ4v) is 4.54. The quantitative estimate of drug-likeness (QED) is 0.746. The van der Waals surface area contributed by atoms with E-state index in [1.165, 1.54) is 35.2 Å². The first-order valence-electron chi connectivity index (χ1n) is 10.6. The molecule has 1 aromatic heterocycles. The van der Waals surface area contributed by atoms with Crippen LogP contribution in [-0.2, 0) is 30.9 Å². The highest BCUT2D eigenvalue weighted by molar-refractivity contribution is 5.37. The van der Waals surface area contributed by atoms with Crippen LogP contribution >= 0.6 is 0 Å². The fraction of sp³-hybridized carbons (Fsp3) is 0.565. The second-order valence-electron chi connectivity index (χ2n) is 8.25. The van der Waals surface area contributed by atoms with Gasteiger partial charge in [-0.25, -0.2) is 9.97 Å². The van der Waals surface area contributed by atoms with Gasteiger partial charge in [-0.15, -0.1) is 0 Å². The summed E-state index contributed by atoms with van der Waals surface area (Å²) in [6, 6.07) is 6.60. The minimum Gasteiger partial charge on any atom is -0.496 e. The third-order valence-corrected chi connectivity index (χ3v) is 6.08. The number of benzene rings is 1. The van der Waals surface area contributed by atoms with Crippen molar-refractivity contribution in [3.8, 4) is 5.75 Å².